The first-order valence-corrected chi connectivity index (χ1v) is 7.87. The van der Waals surface area contributed by atoms with E-state index in [0.717, 1.165) is 51.4 Å². The number of hydrogen-bond acceptors (Lipinski definition) is 3. The summed E-state index contributed by atoms with van der Waals surface area (Å²) >= 11 is 0. The number of aromatic nitrogens is 2. The topological polar surface area (TPSA) is 39.1 Å². The molecule has 4 nitrogen and oxygen atoms in total. The van der Waals surface area contributed by atoms with Gasteiger partial charge in [0.2, 0.25) is 0 Å². The molecule has 0 aliphatic rings. The van der Waals surface area contributed by atoms with Crippen LogP contribution in [0.3, 0.4) is 0 Å². The number of nitrogens with zero attached hydrogens (tertiary/aromatic N) is 2. The zero-order valence-corrected chi connectivity index (χ0v) is 13.8. The number of aryl methyl sites for hydroxylation is 1. The van der Waals surface area contributed by atoms with Gasteiger partial charge < -0.3 is 10.1 Å². The maximum absolute atomic E-state index is 5.67. The van der Waals surface area contributed by atoms with Crippen LogP contribution in [-0.2, 0) is 17.8 Å². The Labute approximate surface area is 123 Å². The van der Waals surface area contributed by atoms with E-state index in [0.29, 0.717) is 5.92 Å². The molecule has 0 unspecified atom stereocenters. The van der Waals surface area contributed by atoms with Gasteiger partial charge in [0.1, 0.15) is 0 Å². The lowest BCUT2D eigenvalue weighted by atomic mass is 10.1. The summed E-state index contributed by atoms with van der Waals surface area (Å²) in [5.41, 5.74) is 3.73. The van der Waals surface area contributed by atoms with E-state index in [1.807, 2.05) is 0 Å². The van der Waals surface area contributed by atoms with Crippen molar-refractivity contribution in [3.63, 3.8) is 0 Å². The third-order valence-corrected chi connectivity index (χ3v) is 3.55. The lowest BCUT2D eigenvalue weighted by molar-refractivity contribution is 0.113. The number of nitrogens with one attached hydrogen (secondary N) is 1. The molecule has 0 amide bonds. The molecule has 4 heteroatoms. The molecule has 0 radical (unpaired) electrons. The van der Waals surface area contributed by atoms with Crippen molar-refractivity contribution in [3.05, 3.63) is 17.0 Å². The van der Waals surface area contributed by atoms with Gasteiger partial charge >= 0.3 is 0 Å². The first-order valence-electron chi connectivity index (χ1n) is 7.87. The standard InChI is InChI=1S/C16H31N3O/c1-6-8-17-12-16-14(4)18-19(15(16)5)9-11-20-10-7-13(2)3/h13,17H,6-12H2,1-5H3. The summed E-state index contributed by atoms with van der Waals surface area (Å²) in [6.45, 7) is 15.3. The average Bonchev–Trinajstić information content (AvgIpc) is 2.65. The van der Waals surface area contributed by atoms with Gasteiger partial charge in [-0.1, -0.05) is 20.8 Å². The first-order chi connectivity index (χ1) is 9.56. The predicted molar refractivity (Wildman–Crippen MR) is 84.0 cm³/mol. The molecule has 1 aromatic rings. The van der Waals surface area contributed by atoms with E-state index in [9.17, 15) is 0 Å². The molecule has 0 saturated carbocycles. The summed E-state index contributed by atoms with van der Waals surface area (Å²) in [5, 5.41) is 8.07. The Morgan fingerprint density at radius 2 is 2.00 bits per heavy atom. The second kappa shape index (κ2) is 9.14. The summed E-state index contributed by atoms with van der Waals surface area (Å²) in [4.78, 5) is 0. The van der Waals surface area contributed by atoms with Crippen LogP contribution in [0.1, 0.15) is 50.6 Å². The summed E-state index contributed by atoms with van der Waals surface area (Å²) in [7, 11) is 0. The highest BCUT2D eigenvalue weighted by atomic mass is 16.5. The Morgan fingerprint density at radius 1 is 1.25 bits per heavy atom. The molecule has 0 spiro atoms. The van der Waals surface area contributed by atoms with Crippen LogP contribution in [0, 0.1) is 19.8 Å². The third-order valence-electron chi connectivity index (χ3n) is 3.55. The minimum atomic E-state index is 0.708. The fourth-order valence-electron chi connectivity index (χ4n) is 2.17. The van der Waals surface area contributed by atoms with E-state index in [4.69, 9.17) is 4.74 Å². The van der Waals surface area contributed by atoms with Gasteiger partial charge in [-0.3, -0.25) is 4.68 Å². The summed E-state index contributed by atoms with van der Waals surface area (Å²) < 4.78 is 7.75. The lowest BCUT2D eigenvalue weighted by Gasteiger charge is -2.08. The summed E-state index contributed by atoms with van der Waals surface area (Å²) in [6, 6.07) is 0. The van der Waals surface area contributed by atoms with Gasteiger partial charge in [-0.15, -0.1) is 0 Å². The van der Waals surface area contributed by atoms with Gasteiger partial charge in [-0.2, -0.15) is 5.10 Å². The Kier molecular flexibility index (Phi) is 7.85. The van der Waals surface area contributed by atoms with E-state index < -0.39 is 0 Å². The van der Waals surface area contributed by atoms with Crippen molar-refractivity contribution in [3.8, 4) is 0 Å². The monoisotopic (exact) mass is 281 g/mol. The van der Waals surface area contributed by atoms with Crippen LogP contribution in [0.4, 0.5) is 0 Å². The van der Waals surface area contributed by atoms with E-state index >= 15 is 0 Å². The van der Waals surface area contributed by atoms with Crippen molar-refractivity contribution >= 4 is 0 Å². The van der Waals surface area contributed by atoms with Crippen molar-refractivity contribution in [2.45, 2.75) is 60.5 Å². The highest BCUT2D eigenvalue weighted by molar-refractivity contribution is 5.24. The maximum atomic E-state index is 5.67. The molecule has 0 atom stereocenters. The van der Waals surface area contributed by atoms with Crippen molar-refractivity contribution < 1.29 is 4.74 Å². The smallest absolute Gasteiger partial charge is 0.0662 e. The van der Waals surface area contributed by atoms with Crippen LogP contribution in [0.5, 0.6) is 0 Å². The average molecular weight is 281 g/mol. The molecular weight excluding hydrogens is 250 g/mol. The van der Waals surface area contributed by atoms with Crippen molar-refractivity contribution in [2.75, 3.05) is 19.8 Å². The Balaban J connectivity index is 2.40. The Morgan fingerprint density at radius 3 is 2.65 bits per heavy atom. The van der Waals surface area contributed by atoms with E-state index in [-0.39, 0.29) is 0 Å². The van der Waals surface area contributed by atoms with Crippen LogP contribution in [0.2, 0.25) is 0 Å². The van der Waals surface area contributed by atoms with Gasteiger partial charge in [0.25, 0.3) is 0 Å². The molecular formula is C16H31N3O. The van der Waals surface area contributed by atoms with Crippen LogP contribution in [0.25, 0.3) is 0 Å². The molecule has 0 bridgehead atoms. The molecule has 0 aliphatic carbocycles. The second-order valence-corrected chi connectivity index (χ2v) is 5.84. The molecule has 0 aromatic carbocycles. The third kappa shape index (κ3) is 5.63. The molecule has 0 fully saturated rings. The van der Waals surface area contributed by atoms with Crippen LogP contribution >= 0.6 is 0 Å². The van der Waals surface area contributed by atoms with Crippen LogP contribution in [-0.4, -0.2) is 29.5 Å². The SMILES string of the molecule is CCCNCc1c(C)nn(CCOCCC(C)C)c1C. The van der Waals surface area contributed by atoms with E-state index in [1.165, 1.54) is 11.3 Å². The van der Waals surface area contributed by atoms with Crippen LogP contribution < -0.4 is 5.32 Å². The maximum Gasteiger partial charge on any atom is 0.0662 e. The van der Waals surface area contributed by atoms with Gasteiger partial charge in [-0.05, 0) is 39.2 Å². The molecule has 1 N–H and O–H groups in total. The van der Waals surface area contributed by atoms with Crippen molar-refractivity contribution in [1.82, 2.24) is 15.1 Å². The number of rotatable bonds is 10. The fraction of sp³-hybridized carbons (Fsp3) is 0.812. The number of hydrogen-bond donors (Lipinski definition) is 1. The Bertz CT molecular complexity index is 385. The molecule has 0 aliphatic heterocycles. The van der Waals surface area contributed by atoms with Gasteiger partial charge in [0.15, 0.2) is 0 Å². The molecule has 1 aromatic heterocycles. The van der Waals surface area contributed by atoms with E-state index in [2.05, 4.69) is 49.7 Å². The summed E-state index contributed by atoms with van der Waals surface area (Å²) in [6.07, 6.45) is 2.29. The zero-order chi connectivity index (χ0) is 15.0. The predicted octanol–water partition coefficient (Wildman–Crippen LogP) is 3.06. The second-order valence-electron chi connectivity index (χ2n) is 5.84. The first kappa shape index (κ1) is 17.2. The highest BCUT2D eigenvalue weighted by Crippen LogP contribution is 2.12. The van der Waals surface area contributed by atoms with Crippen LogP contribution in [0.15, 0.2) is 0 Å². The molecule has 0 saturated heterocycles. The molecule has 1 heterocycles. The van der Waals surface area contributed by atoms with Gasteiger partial charge in [0.05, 0.1) is 18.8 Å². The lowest BCUT2D eigenvalue weighted by Crippen LogP contribution is -2.15. The summed E-state index contributed by atoms with van der Waals surface area (Å²) in [5.74, 6) is 0.708. The quantitative estimate of drug-likeness (QED) is 0.670. The normalized spacial score (nSPS) is 11.5. The van der Waals surface area contributed by atoms with Gasteiger partial charge in [-0.25, -0.2) is 0 Å². The molecule has 20 heavy (non-hydrogen) atoms. The minimum Gasteiger partial charge on any atom is -0.380 e. The van der Waals surface area contributed by atoms with Crippen molar-refractivity contribution in [2.24, 2.45) is 5.92 Å². The minimum absolute atomic E-state index is 0.708. The zero-order valence-electron chi connectivity index (χ0n) is 13.8. The number of ether oxygens (including phenoxy) is 1. The van der Waals surface area contributed by atoms with Crippen molar-refractivity contribution in [1.29, 1.82) is 0 Å². The Hall–Kier alpha value is -0.870. The fourth-order valence-corrected chi connectivity index (χ4v) is 2.17. The largest absolute Gasteiger partial charge is 0.380 e. The van der Waals surface area contributed by atoms with Gasteiger partial charge in [0, 0.05) is 24.4 Å². The molecule has 1 rings (SSSR count). The highest BCUT2D eigenvalue weighted by Gasteiger charge is 2.10. The van der Waals surface area contributed by atoms with E-state index in [1.54, 1.807) is 0 Å². The molecule has 116 valence electrons.